The topological polar surface area (TPSA) is 88.0 Å². The third-order valence-corrected chi connectivity index (χ3v) is 4.19. The maximum atomic E-state index is 11.4. The van der Waals surface area contributed by atoms with Crippen LogP contribution in [0.5, 0.6) is 0 Å². The number of nitrogens with two attached hydrogens (primary N) is 1. The van der Waals surface area contributed by atoms with E-state index in [4.69, 9.17) is 5.73 Å². The molecule has 1 aromatic heterocycles. The maximum Gasteiger partial charge on any atom is 0.212 e. The summed E-state index contributed by atoms with van der Waals surface area (Å²) < 4.78 is 25.4. The highest BCUT2D eigenvalue weighted by atomic mass is 32.2. The molecule has 0 aliphatic rings. The lowest BCUT2D eigenvalue weighted by molar-refractivity contribution is 0.581. The van der Waals surface area contributed by atoms with Crippen LogP contribution in [0.1, 0.15) is 5.56 Å². The molecule has 6 heteroatoms. The maximum absolute atomic E-state index is 11.4. The molecule has 0 aliphatic carbocycles. The molecule has 0 spiro atoms. The van der Waals surface area contributed by atoms with Crippen LogP contribution >= 0.6 is 0 Å². The molecule has 0 unspecified atom stereocenters. The first-order chi connectivity index (χ1) is 8.62. The summed E-state index contributed by atoms with van der Waals surface area (Å²) in [4.78, 5) is 3.16. The Kier molecular flexibility index (Phi) is 4.00. The third kappa shape index (κ3) is 3.10. The molecule has 0 atom stereocenters. The van der Waals surface area contributed by atoms with Gasteiger partial charge in [-0.2, -0.15) is 0 Å². The van der Waals surface area contributed by atoms with Crippen LogP contribution in [-0.2, 0) is 16.4 Å². The van der Waals surface area contributed by atoms with E-state index >= 15 is 0 Å². The smallest absolute Gasteiger partial charge is 0.212 e. The highest BCUT2D eigenvalue weighted by Crippen LogP contribution is 2.17. The molecule has 98 valence electrons. The van der Waals surface area contributed by atoms with Crippen LogP contribution < -0.4 is 10.5 Å². The van der Waals surface area contributed by atoms with Gasteiger partial charge in [-0.3, -0.25) is 0 Å². The lowest BCUT2D eigenvalue weighted by Gasteiger charge is -2.04. The fourth-order valence-corrected chi connectivity index (χ4v) is 2.77. The van der Waals surface area contributed by atoms with E-state index in [1.54, 1.807) is 0 Å². The molecule has 0 fully saturated rings. The molecule has 4 N–H and O–H groups in total. The van der Waals surface area contributed by atoms with Crippen molar-refractivity contribution < 1.29 is 8.42 Å². The summed E-state index contributed by atoms with van der Waals surface area (Å²) in [5, 5.41) is 1.13. The van der Waals surface area contributed by atoms with Crippen LogP contribution in [-0.4, -0.2) is 32.2 Å². The predicted octanol–water partition coefficient (Wildman–Crippen LogP) is 0.589. The number of H-pyrrole nitrogens is 1. The molecule has 1 heterocycles. The Bertz CT molecular complexity index is 619. The summed E-state index contributed by atoms with van der Waals surface area (Å²) in [7, 11) is -3.22. The molecule has 2 rings (SSSR count). The number of aromatic nitrogens is 1. The van der Waals surface area contributed by atoms with Crippen LogP contribution in [0.4, 0.5) is 0 Å². The lowest BCUT2D eigenvalue weighted by atomic mass is 10.1. The zero-order chi connectivity index (χ0) is 13.0. The van der Waals surface area contributed by atoms with Crippen molar-refractivity contribution in [2.45, 2.75) is 6.42 Å². The van der Waals surface area contributed by atoms with Crippen molar-refractivity contribution in [3.05, 3.63) is 36.0 Å². The normalized spacial score (nSPS) is 12.1. The van der Waals surface area contributed by atoms with Crippen LogP contribution in [0.25, 0.3) is 10.9 Å². The fourth-order valence-electron chi connectivity index (χ4n) is 1.91. The summed E-state index contributed by atoms with van der Waals surface area (Å²) in [6, 6.07) is 7.96. The molecule has 0 aliphatic heterocycles. The second-order valence-electron chi connectivity index (χ2n) is 4.11. The van der Waals surface area contributed by atoms with E-state index in [0.717, 1.165) is 16.5 Å². The molecule has 2 aromatic rings. The third-order valence-electron chi connectivity index (χ3n) is 2.78. The fraction of sp³-hybridized carbons (Fsp3) is 0.333. The Morgan fingerprint density at radius 2 is 2.06 bits per heavy atom. The SMILES string of the molecule is NCCS(=O)(=O)NCCc1c[nH]c2ccccc12. The summed E-state index contributed by atoms with van der Waals surface area (Å²) in [5.74, 6) is -0.0269. The van der Waals surface area contributed by atoms with Gasteiger partial charge in [0.05, 0.1) is 5.75 Å². The zero-order valence-electron chi connectivity index (χ0n) is 10.0. The Hall–Kier alpha value is -1.37. The van der Waals surface area contributed by atoms with Crippen LogP contribution in [0.2, 0.25) is 0 Å². The Balaban J connectivity index is 1.99. The van der Waals surface area contributed by atoms with Crippen molar-refractivity contribution in [1.29, 1.82) is 0 Å². The zero-order valence-corrected chi connectivity index (χ0v) is 10.8. The van der Waals surface area contributed by atoms with E-state index in [9.17, 15) is 8.42 Å². The van der Waals surface area contributed by atoms with Gasteiger partial charge in [0.25, 0.3) is 0 Å². The molecular weight excluding hydrogens is 250 g/mol. The highest BCUT2D eigenvalue weighted by molar-refractivity contribution is 7.89. The van der Waals surface area contributed by atoms with Crippen molar-refractivity contribution in [3.63, 3.8) is 0 Å². The number of aromatic amines is 1. The van der Waals surface area contributed by atoms with Gasteiger partial charge in [-0.1, -0.05) is 18.2 Å². The van der Waals surface area contributed by atoms with Crippen LogP contribution in [0, 0.1) is 0 Å². The molecule has 0 bridgehead atoms. The van der Waals surface area contributed by atoms with Gasteiger partial charge in [-0.15, -0.1) is 0 Å². The van der Waals surface area contributed by atoms with Crippen molar-refractivity contribution >= 4 is 20.9 Å². The van der Waals surface area contributed by atoms with Gasteiger partial charge in [0.2, 0.25) is 10.0 Å². The second kappa shape index (κ2) is 5.51. The van der Waals surface area contributed by atoms with Gasteiger partial charge in [0, 0.05) is 30.2 Å². The standard InChI is InChI=1S/C12H17N3O2S/c13-6-8-18(16,17)15-7-5-10-9-14-12-4-2-1-3-11(10)12/h1-4,9,14-15H,5-8,13H2. The molecule has 0 saturated carbocycles. The number of hydrogen-bond donors (Lipinski definition) is 3. The minimum absolute atomic E-state index is 0.0269. The first kappa shape index (κ1) is 13.1. The van der Waals surface area contributed by atoms with Gasteiger partial charge in [0.15, 0.2) is 0 Å². The largest absolute Gasteiger partial charge is 0.361 e. The van der Waals surface area contributed by atoms with Crippen molar-refractivity contribution in [3.8, 4) is 0 Å². The van der Waals surface area contributed by atoms with Crippen LogP contribution in [0.3, 0.4) is 0 Å². The van der Waals surface area contributed by atoms with Gasteiger partial charge in [-0.25, -0.2) is 13.1 Å². The van der Waals surface area contributed by atoms with Gasteiger partial charge >= 0.3 is 0 Å². The predicted molar refractivity (Wildman–Crippen MR) is 72.8 cm³/mol. The van der Waals surface area contributed by atoms with Crippen LogP contribution in [0.15, 0.2) is 30.5 Å². The van der Waals surface area contributed by atoms with Gasteiger partial charge in [-0.05, 0) is 18.1 Å². The Labute approximate surface area is 106 Å². The molecule has 1 aromatic carbocycles. The number of para-hydroxylation sites is 1. The summed E-state index contributed by atoms with van der Waals surface area (Å²) in [6.07, 6.45) is 2.58. The van der Waals surface area contributed by atoms with E-state index in [1.807, 2.05) is 30.5 Å². The quantitative estimate of drug-likeness (QED) is 0.715. The first-order valence-electron chi connectivity index (χ1n) is 5.85. The number of nitrogens with one attached hydrogen (secondary N) is 2. The average molecular weight is 267 g/mol. The lowest BCUT2D eigenvalue weighted by Crippen LogP contribution is -2.31. The first-order valence-corrected chi connectivity index (χ1v) is 7.50. The summed E-state index contributed by atoms with van der Waals surface area (Å²) in [6.45, 7) is 0.534. The molecular formula is C12H17N3O2S. The minimum atomic E-state index is -3.22. The molecule has 5 nitrogen and oxygen atoms in total. The average Bonchev–Trinajstić information content (AvgIpc) is 2.73. The summed E-state index contributed by atoms with van der Waals surface area (Å²) in [5.41, 5.74) is 7.41. The van der Waals surface area contributed by atoms with Crippen molar-refractivity contribution in [1.82, 2.24) is 9.71 Å². The van der Waals surface area contributed by atoms with E-state index < -0.39 is 10.0 Å². The van der Waals surface area contributed by atoms with Crippen molar-refractivity contribution in [2.24, 2.45) is 5.73 Å². The molecule has 0 radical (unpaired) electrons. The van der Waals surface area contributed by atoms with E-state index in [-0.39, 0.29) is 12.3 Å². The van der Waals surface area contributed by atoms with E-state index in [2.05, 4.69) is 9.71 Å². The second-order valence-corrected chi connectivity index (χ2v) is 6.04. The molecule has 18 heavy (non-hydrogen) atoms. The Morgan fingerprint density at radius 3 is 2.83 bits per heavy atom. The molecule has 0 amide bonds. The Morgan fingerprint density at radius 1 is 1.28 bits per heavy atom. The molecule has 0 saturated heterocycles. The highest BCUT2D eigenvalue weighted by Gasteiger charge is 2.08. The number of rotatable bonds is 6. The monoisotopic (exact) mass is 267 g/mol. The number of fused-ring (bicyclic) bond motifs is 1. The number of hydrogen-bond acceptors (Lipinski definition) is 3. The number of sulfonamides is 1. The van der Waals surface area contributed by atoms with Crippen molar-refractivity contribution in [2.75, 3.05) is 18.8 Å². The van der Waals surface area contributed by atoms with Gasteiger partial charge < -0.3 is 10.7 Å². The van der Waals surface area contributed by atoms with E-state index in [1.165, 1.54) is 0 Å². The summed E-state index contributed by atoms with van der Waals surface area (Å²) >= 11 is 0. The van der Waals surface area contributed by atoms with E-state index in [0.29, 0.717) is 13.0 Å². The number of benzene rings is 1. The minimum Gasteiger partial charge on any atom is -0.361 e. The van der Waals surface area contributed by atoms with Gasteiger partial charge in [0.1, 0.15) is 0 Å².